The van der Waals surface area contributed by atoms with Gasteiger partial charge < -0.3 is 0 Å². The first-order chi connectivity index (χ1) is 4.19. The standard InChI is InChI=1S/C3H9NO2S/c1-4(2)7(3,5)6/h1-3H3/i3D3. The summed E-state index contributed by atoms with van der Waals surface area (Å²) in [4.78, 5) is 0. The summed E-state index contributed by atoms with van der Waals surface area (Å²) in [5, 5.41) is 0. The normalized spacial score (nSPS) is 20.7. The van der Waals surface area contributed by atoms with E-state index in [-0.39, 0.29) is 0 Å². The van der Waals surface area contributed by atoms with Gasteiger partial charge >= 0.3 is 0 Å². The molecule has 0 aliphatic heterocycles. The molecule has 0 rings (SSSR count). The zero-order chi connectivity index (χ0) is 8.58. The minimum atomic E-state index is -4.08. The minimum Gasteiger partial charge on any atom is -0.213 e. The smallest absolute Gasteiger partial charge is 0.210 e. The average Bonchev–Trinajstić information content (AvgIpc) is 1.62. The van der Waals surface area contributed by atoms with Crippen molar-refractivity contribution in [2.24, 2.45) is 0 Å². The molecule has 3 nitrogen and oxygen atoms in total. The third kappa shape index (κ3) is 2.59. The Morgan fingerprint density at radius 1 is 1.57 bits per heavy atom. The van der Waals surface area contributed by atoms with Gasteiger partial charge in [-0.3, -0.25) is 0 Å². The van der Waals surface area contributed by atoms with Crippen LogP contribution in [-0.2, 0) is 10.0 Å². The van der Waals surface area contributed by atoms with Crippen molar-refractivity contribution in [3.05, 3.63) is 0 Å². The van der Waals surface area contributed by atoms with Crippen LogP contribution >= 0.6 is 0 Å². The number of hydrogen-bond donors (Lipinski definition) is 0. The number of sulfonamides is 1. The SMILES string of the molecule is [2H]C([2H])([2H])S(=O)(=O)N(C)C. The summed E-state index contributed by atoms with van der Waals surface area (Å²) in [6, 6.07) is 0. The summed E-state index contributed by atoms with van der Waals surface area (Å²) in [7, 11) is -1.72. The van der Waals surface area contributed by atoms with Crippen LogP contribution in [0.1, 0.15) is 4.11 Å². The monoisotopic (exact) mass is 126 g/mol. The maximum Gasteiger partial charge on any atom is 0.210 e. The van der Waals surface area contributed by atoms with E-state index in [1.54, 1.807) is 0 Å². The minimum absolute atomic E-state index is 0.681. The summed E-state index contributed by atoms with van der Waals surface area (Å²) in [6.07, 6.45) is -2.93. The van der Waals surface area contributed by atoms with Crippen LogP contribution in [0.4, 0.5) is 0 Å². The summed E-state index contributed by atoms with van der Waals surface area (Å²) in [5.41, 5.74) is 0. The molecule has 0 aromatic rings. The van der Waals surface area contributed by atoms with Crippen LogP contribution in [0.3, 0.4) is 0 Å². The molecule has 0 fully saturated rings. The lowest BCUT2D eigenvalue weighted by molar-refractivity contribution is 0.527. The van der Waals surface area contributed by atoms with Crippen LogP contribution in [0.25, 0.3) is 0 Å². The molecule has 0 amide bonds. The van der Waals surface area contributed by atoms with E-state index in [9.17, 15) is 8.42 Å². The van der Waals surface area contributed by atoms with Crippen LogP contribution in [-0.4, -0.2) is 33.0 Å². The van der Waals surface area contributed by atoms with E-state index in [4.69, 9.17) is 4.11 Å². The Morgan fingerprint density at radius 3 is 2.00 bits per heavy atom. The van der Waals surface area contributed by atoms with Crippen molar-refractivity contribution in [1.29, 1.82) is 0 Å². The van der Waals surface area contributed by atoms with Gasteiger partial charge in [-0.25, -0.2) is 12.7 Å². The van der Waals surface area contributed by atoms with Gasteiger partial charge in [-0.1, -0.05) is 0 Å². The molecular weight excluding hydrogens is 114 g/mol. The summed E-state index contributed by atoms with van der Waals surface area (Å²) >= 11 is 0. The molecular formula is C3H9NO2S. The Balaban J connectivity index is 4.79. The fourth-order valence-corrected chi connectivity index (χ4v) is 0. The summed E-state index contributed by atoms with van der Waals surface area (Å²) < 4.78 is 41.8. The van der Waals surface area contributed by atoms with Crippen molar-refractivity contribution in [1.82, 2.24) is 4.31 Å². The number of nitrogens with zero attached hydrogens (tertiary/aromatic N) is 1. The Bertz CT molecular complexity index is 204. The van der Waals surface area contributed by atoms with Gasteiger partial charge in [0, 0.05) is 18.2 Å². The molecule has 0 atom stereocenters. The zero-order valence-corrected chi connectivity index (χ0v) is 4.99. The van der Waals surface area contributed by atoms with Gasteiger partial charge in [0.25, 0.3) is 0 Å². The van der Waals surface area contributed by atoms with Crippen LogP contribution in [0.5, 0.6) is 0 Å². The second kappa shape index (κ2) is 1.79. The lowest BCUT2D eigenvalue weighted by Crippen LogP contribution is -2.19. The van der Waals surface area contributed by atoms with Gasteiger partial charge in [-0.15, -0.1) is 0 Å². The Hall–Kier alpha value is -0.0900. The molecule has 0 saturated carbocycles. The molecule has 7 heavy (non-hydrogen) atoms. The largest absolute Gasteiger partial charge is 0.213 e. The average molecular weight is 126 g/mol. The molecule has 0 aromatic carbocycles. The third-order valence-corrected chi connectivity index (χ3v) is 1.44. The van der Waals surface area contributed by atoms with Gasteiger partial charge in [0.2, 0.25) is 10.0 Å². The molecule has 0 spiro atoms. The van der Waals surface area contributed by atoms with Crippen LogP contribution in [0, 0.1) is 0 Å². The van der Waals surface area contributed by atoms with E-state index < -0.39 is 16.2 Å². The lowest BCUT2D eigenvalue weighted by atomic mass is 11.3. The van der Waals surface area contributed by atoms with E-state index in [2.05, 4.69) is 0 Å². The van der Waals surface area contributed by atoms with E-state index in [0.717, 1.165) is 0 Å². The van der Waals surface area contributed by atoms with E-state index in [1.165, 1.54) is 14.1 Å². The van der Waals surface area contributed by atoms with E-state index in [0.29, 0.717) is 4.31 Å². The fourth-order valence-electron chi connectivity index (χ4n) is 0. The first kappa shape index (κ1) is 3.04. The fraction of sp³-hybridized carbons (Fsp3) is 1.00. The van der Waals surface area contributed by atoms with Gasteiger partial charge in [0.15, 0.2) is 0 Å². The van der Waals surface area contributed by atoms with Crippen molar-refractivity contribution in [3.8, 4) is 0 Å². The maximum absolute atomic E-state index is 10.7. The van der Waals surface area contributed by atoms with Gasteiger partial charge in [-0.05, 0) is 0 Å². The van der Waals surface area contributed by atoms with Crippen molar-refractivity contribution in [3.63, 3.8) is 0 Å². The highest BCUT2D eigenvalue weighted by Crippen LogP contribution is 1.82. The van der Waals surface area contributed by atoms with Crippen LogP contribution in [0.2, 0.25) is 0 Å². The van der Waals surface area contributed by atoms with Gasteiger partial charge in [-0.2, -0.15) is 0 Å². The van der Waals surface area contributed by atoms with Crippen LogP contribution < -0.4 is 0 Å². The predicted molar refractivity (Wildman–Crippen MR) is 28.5 cm³/mol. The Labute approximate surface area is 48.2 Å². The van der Waals surface area contributed by atoms with Crippen molar-refractivity contribution >= 4 is 10.0 Å². The maximum atomic E-state index is 10.7. The molecule has 0 aliphatic rings. The van der Waals surface area contributed by atoms with Crippen molar-refractivity contribution in [2.75, 3.05) is 20.3 Å². The Morgan fingerprint density at radius 2 is 2.00 bits per heavy atom. The highest BCUT2D eigenvalue weighted by atomic mass is 32.2. The third-order valence-electron chi connectivity index (χ3n) is 0.481. The predicted octanol–water partition coefficient (Wildman–Crippen LogP) is -0.492. The van der Waals surface area contributed by atoms with Crippen LogP contribution in [0.15, 0.2) is 0 Å². The number of rotatable bonds is 1. The van der Waals surface area contributed by atoms with E-state index >= 15 is 0 Å². The first-order valence-corrected chi connectivity index (χ1v) is 3.05. The van der Waals surface area contributed by atoms with E-state index in [1.807, 2.05) is 0 Å². The molecule has 0 N–H and O–H groups in total. The van der Waals surface area contributed by atoms with Gasteiger partial charge in [0.05, 0.1) is 6.18 Å². The van der Waals surface area contributed by atoms with Gasteiger partial charge in [0.1, 0.15) is 0 Å². The Kier molecular flexibility index (Phi) is 0.779. The highest BCUT2D eigenvalue weighted by Gasteiger charge is 2.00. The quantitative estimate of drug-likeness (QED) is 0.475. The number of hydrogen-bond acceptors (Lipinski definition) is 2. The zero-order valence-electron chi connectivity index (χ0n) is 7.17. The molecule has 4 heteroatoms. The lowest BCUT2D eigenvalue weighted by Gasteiger charge is -2.02. The molecule has 0 saturated heterocycles. The second-order valence-corrected chi connectivity index (χ2v) is 2.97. The second-order valence-electron chi connectivity index (χ2n) is 1.29. The molecule has 0 heterocycles. The molecule has 0 radical (unpaired) electrons. The van der Waals surface area contributed by atoms with Crippen molar-refractivity contribution < 1.29 is 12.5 Å². The molecule has 0 aliphatic carbocycles. The molecule has 44 valence electrons. The first-order valence-electron chi connectivity index (χ1n) is 3.11. The molecule has 0 unspecified atom stereocenters. The molecule has 0 bridgehead atoms. The van der Waals surface area contributed by atoms with Crippen molar-refractivity contribution in [2.45, 2.75) is 0 Å². The summed E-state index contributed by atoms with van der Waals surface area (Å²) in [5.74, 6) is 0. The topological polar surface area (TPSA) is 37.4 Å². The summed E-state index contributed by atoms with van der Waals surface area (Å²) in [6.45, 7) is 0. The molecule has 0 aromatic heterocycles. The highest BCUT2D eigenvalue weighted by molar-refractivity contribution is 7.88.